The Hall–Kier alpha value is -1.13. The van der Waals surface area contributed by atoms with Crippen molar-refractivity contribution in [3.8, 4) is 0 Å². The number of carbonyl (C=O) groups excluding carboxylic acids is 1. The van der Waals surface area contributed by atoms with E-state index in [0.717, 1.165) is 31.1 Å². The van der Waals surface area contributed by atoms with Crippen LogP contribution in [-0.4, -0.2) is 44.0 Å². The summed E-state index contributed by atoms with van der Waals surface area (Å²) in [5.74, 6) is 0.140. The standard InChI is InChI=1S/C12H16N2OS/c1-13-6-8-14(9-7-13)12(15)5-4-11-3-2-10-16-11/h2-5,10H,6-9H2,1H3/p+1/b5-4+. The number of piperazine rings is 1. The number of hydrogen-bond acceptors (Lipinski definition) is 2. The van der Waals surface area contributed by atoms with Gasteiger partial charge in [-0.2, -0.15) is 0 Å². The lowest BCUT2D eigenvalue weighted by atomic mass is 10.3. The molecule has 0 radical (unpaired) electrons. The summed E-state index contributed by atoms with van der Waals surface area (Å²) < 4.78 is 0. The summed E-state index contributed by atoms with van der Waals surface area (Å²) in [6, 6.07) is 4.01. The maximum Gasteiger partial charge on any atom is 0.247 e. The minimum absolute atomic E-state index is 0.140. The third-order valence-corrected chi connectivity index (χ3v) is 3.70. The van der Waals surface area contributed by atoms with Crippen LogP contribution < -0.4 is 4.90 Å². The molecular weight excluding hydrogens is 220 g/mol. The summed E-state index contributed by atoms with van der Waals surface area (Å²) in [6.07, 6.45) is 3.59. The van der Waals surface area contributed by atoms with Gasteiger partial charge in [0.15, 0.2) is 0 Å². The second-order valence-electron chi connectivity index (χ2n) is 4.13. The van der Waals surface area contributed by atoms with Crippen LogP contribution in [0, 0.1) is 0 Å². The molecule has 1 aromatic heterocycles. The Labute approximate surface area is 100.0 Å². The molecule has 4 heteroatoms. The highest BCUT2D eigenvalue weighted by molar-refractivity contribution is 7.10. The molecule has 1 aliphatic rings. The van der Waals surface area contributed by atoms with Gasteiger partial charge in [-0.1, -0.05) is 6.07 Å². The zero-order valence-electron chi connectivity index (χ0n) is 9.48. The molecule has 0 atom stereocenters. The Kier molecular flexibility index (Phi) is 3.74. The minimum atomic E-state index is 0.140. The number of carbonyl (C=O) groups is 1. The Balaban J connectivity index is 1.88. The van der Waals surface area contributed by atoms with Crippen LogP contribution in [0.25, 0.3) is 6.08 Å². The summed E-state index contributed by atoms with van der Waals surface area (Å²) in [5, 5.41) is 2.02. The van der Waals surface area contributed by atoms with E-state index >= 15 is 0 Å². The maximum absolute atomic E-state index is 11.8. The van der Waals surface area contributed by atoms with Gasteiger partial charge in [-0.3, -0.25) is 4.79 Å². The summed E-state index contributed by atoms with van der Waals surface area (Å²) in [7, 11) is 2.17. The molecular formula is C12H17N2OS+. The Morgan fingerprint density at radius 2 is 2.25 bits per heavy atom. The van der Waals surface area contributed by atoms with E-state index in [2.05, 4.69) is 7.05 Å². The van der Waals surface area contributed by atoms with E-state index in [4.69, 9.17) is 0 Å². The number of thiophene rings is 1. The summed E-state index contributed by atoms with van der Waals surface area (Å²) in [6.45, 7) is 3.86. The SMILES string of the molecule is C[NH+]1CCN(C(=O)/C=C/c2cccs2)CC1. The topological polar surface area (TPSA) is 24.8 Å². The molecule has 16 heavy (non-hydrogen) atoms. The van der Waals surface area contributed by atoms with E-state index in [0.29, 0.717) is 0 Å². The van der Waals surface area contributed by atoms with Crippen LogP contribution in [0.1, 0.15) is 4.88 Å². The molecule has 0 aliphatic carbocycles. The van der Waals surface area contributed by atoms with E-state index in [1.807, 2.05) is 28.5 Å². The summed E-state index contributed by atoms with van der Waals surface area (Å²) in [5.41, 5.74) is 0. The molecule has 0 unspecified atom stereocenters. The van der Waals surface area contributed by atoms with Gasteiger partial charge in [-0.05, 0) is 17.5 Å². The zero-order chi connectivity index (χ0) is 11.4. The number of quaternary nitrogens is 1. The lowest BCUT2D eigenvalue weighted by molar-refractivity contribution is -0.883. The number of rotatable bonds is 2. The molecule has 1 aliphatic heterocycles. The van der Waals surface area contributed by atoms with Gasteiger partial charge in [-0.15, -0.1) is 11.3 Å². The van der Waals surface area contributed by atoms with Gasteiger partial charge >= 0.3 is 0 Å². The highest BCUT2D eigenvalue weighted by Gasteiger charge is 2.19. The number of nitrogens with zero attached hydrogens (tertiary/aromatic N) is 1. The van der Waals surface area contributed by atoms with Gasteiger partial charge in [0.1, 0.15) is 0 Å². The van der Waals surface area contributed by atoms with Crippen LogP contribution >= 0.6 is 11.3 Å². The molecule has 86 valence electrons. The van der Waals surface area contributed by atoms with Crippen LogP contribution in [0.3, 0.4) is 0 Å². The van der Waals surface area contributed by atoms with Crippen molar-refractivity contribution in [1.29, 1.82) is 0 Å². The first kappa shape index (κ1) is 11.4. The maximum atomic E-state index is 11.8. The first-order valence-electron chi connectivity index (χ1n) is 5.57. The van der Waals surface area contributed by atoms with E-state index < -0.39 is 0 Å². The second kappa shape index (κ2) is 5.27. The van der Waals surface area contributed by atoms with Crippen LogP contribution in [0.5, 0.6) is 0 Å². The van der Waals surface area contributed by atoms with Crippen molar-refractivity contribution >= 4 is 23.3 Å². The summed E-state index contributed by atoms with van der Waals surface area (Å²) in [4.78, 5) is 16.4. The number of nitrogens with one attached hydrogen (secondary N) is 1. The normalized spacial score (nSPS) is 18.2. The first-order chi connectivity index (χ1) is 7.75. The lowest BCUT2D eigenvalue weighted by Crippen LogP contribution is -3.12. The van der Waals surface area contributed by atoms with Crippen molar-refractivity contribution in [2.45, 2.75) is 0 Å². The molecule has 1 saturated heterocycles. The molecule has 3 nitrogen and oxygen atoms in total. The van der Waals surface area contributed by atoms with Crippen molar-refractivity contribution in [1.82, 2.24) is 4.90 Å². The third-order valence-electron chi connectivity index (χ3n) is 2.86. The fourth-order valence-electron chi connectivity index (χ4n) is 1.75. The molecule has 1 aromatic rings. The third kappa shape index (κ3) is 2.93. The highest BCUT2D eigenvalue weighted by Crippen LogP contribution is 2.10. The number of amides is 1. The van der Waals surface area contributed by atoms with Crippen molar-refractivity contribution in [3.63, 3.8) is 0 Å². The van der Waals surface area contributed by atoms with E-state index in [-0.39, 0.29) is 5.91 Å². The number of hydrogen-bond donors (Lipinski definition) is 1. The molecule has 0 spiro atoms. The molecule has 0 bridgehead atoms. The van der Waals surface area contributed by atoms with Crippen LogP contribution in [0.4, 0.5) is 0 Å². The van der Waals surface area contributed by atoms with E-state index in [1.54, 1.807) is 17.4 Å². The molecule has 1 fully saturated rings. The first-order valence-corrected chi connectivity index (χ1v) is 6.45. The van der Waals surface area contributed by atoms with Crippen molar-refractivity contribution in [2.75, 3.05) is 33.2 Å². The fraction of sp³-hybridized carbons (Fsp3) is 0.417. The van der Waals surface area contributed by atoms with Crippen LogP contribution in [0.2, 0.25) is 0 Å². The highest BCUT2D eigenvalue weighted by atomic mass is 32.1. The minimum Gasteiger partial charge on any atom is -0.334 e. The molecule has 2 heterocycles. The predicted octanol–water partition coefficient (Wildman–Crippen LogP) is 0.118. The van der Waals surface area contributed by atoms with E-state index in [1.165, 1.54) is 4.90 Å². The van der Waals surface area contributed by atoms with Gasteiger partial charge in [-0.25, -0.2) is 0 Å². The van der Waals surface area contributed by atoms with Gasteiger partial charge in [0.05, 0.1) is 33.2 Å². The molecule has 1 amide bonds. The van der Waals surface area contributed by atoms with Crippen molar-refractivity contribution in [3.05, 3.63) is 28.5 Å². The smallest absolute Gasteiger partial charge is 0.247 e. The van der Waals surface area contributed by atoms with Crippen LogP contribution in [0.15, 0.2) is 23.6 Å². The largest absolute Gasteiger partial charge is 0.334 e. The van der Waals surface area contributed by atoms with E-state index in [9.17, 15) is 4.79 Å². The quantitative estimate of drug-likeness (QED) is 0.726. The van der Waals surface area contributed by atoms with Gasteiger partial charge in [0, 0.05) is 11.0 Å². The Morgan fingerprint density at radius 3 is 2.88 bits per heavy atom. The molecule has 0 aromatic carbocycles. The average Bonchev–Trinajstić information content (AvgIpc) is 2.80. The second-order valence-corrected chi connectivity index (χ2v) is 5.11. The monoisotopic (exact) mass is 237 g/mol. The average molecular weight is 237 g/mol. The van der Waals surface area contributed by atoms with Gasteiger partial charge in [0.25, 0.3) is 0 Å². The van der Waals surface area contributed by atoms with Crippen LogP contribution in [-0.2, 0) is 4.79 Å². The van der Waals surface area contributed by atoms with Gasteiger partial charge < -0.3 is 9.80 Å². The Morgan fingerprint density at radius 1 is 1.50 bits per heavy atom. The van der Waals surface area contributed by atoms with Gasteiger partial charge in [0.2, 0.25) is 5.91 Å². The Bertz CT molecular complexity index is 364. The lowest BCUT2D eigenvalue weighted by Gasteiger charge is -2.29. The molecule has 1 N–H and O–H groups in total. The predicted molar refractivity (Wildman–Crippen MR) is 66.6 cm³/mol. The number of likely N-dealkylation sites (N-methyl/N-ethyl adjacent to an activating group) is 1. The fourth-order valence-corrected chi connectivity index (χ4v) is 2.37. The van der Waals surface area contributed by atoms with Crippen molar-refractivity contribution in [2.24, 2.45) is 0 Å². The van der Waals surface area contributed by atoms with Crippen molar-refractivity contribution < 1.29 is 9.69 Å². The zero-order valence-corrected chi connectivity index (χ0v) is 10.3. The molecule has 0 saturated carbocycles. The molecule has 2 rings (SSSR count). The summed E-state index contributed by atoms with van der Waals surface area (Å²) >= 11 is 1.65.